The minimum Gasteiger partial charge on any atom is -0.364 e. The van der Waals surface area contributed by atoms with Crippen LogP contribution in [0.1, 0.15) is 59.9 Å². The number of carbonyl (C=O) groups excluding carboxylic acids is 1. The lowest BCUT2D eigenvalue weighted by atomic mass is 9.70. The number of carbonyl (C=O) groups is 1. The van der Waals surface area contributed by atoms with E-state index < -0.39 is 23.6 Å². The average molecular weight is 593 g/mol. The molecule has 3 N–H and O–H groups in total. The molecule has 1 saturated carbocycles. The zero-order chi connectivity index (χ0) is 28.2. The number of fused-ring (bicyclic) bond motifs is 7. The van der Waals surface area contributed by atoms with E-state index in [1.165, 1.54) is 6.07 Å². The summed E-state index contributed by atoms with van der Waals surface area (Å²) in [5.41, 5.74) is 2.48. The number of anilines is 1. The molecular weight excluding hydrogens is 566 g/mol. The van der Waals surface area contributed by atoms with E-state index in [1.807, 2.05) is 12.1 Å². The fourth-order valence-electron chi connectivity index (χ4n) is 7.77. The van der Waals surface area contributed by atoms with Crippen molar-refractivity contribution in [3.05, 3.63) is 93.0 Å². The quantitative estimate of drug-likeness (QED) is 0.265. The van der Waals surface area contributed by atoms with Gasteiger partial charge in [-0.1, -0.05) is 47.5 Å². The number of amides is 1. The topological polar surface area (TPSA) is 90.6 Å². The van der Waals surface area contributed by atoms with Gasteiger partial charge in [-0.05, 0) is 61.1 Å². The minimum atomic E-state index is -1.62. The van der Waals surface area contributed by atoms with Gasteiger partial charge in [-0.25, -0.2) is 9.37 Å². The zero-order valence-electron chi connectivity index (χ0n) is 21.9. The Morgan fingerprint density at radius 3 is 2.71 bits per heavy atom. The van der Waals surface area contributed by atoms with Gasteiger partial charge in [-0.3, -0.25) is 9.69 Å². The molecule has 41 heavy (non-hydrogen) atoms. The van der Waals surface area contributed by atoms with E-state index in [9.17, 15) is 15.0 Å². The van der Waals surface area contributed by atoms with E-state index in [-0.39, 0.29) is 22.9 Å². The van der Waals surface area contributed by atoms with Gasteiger partial charge >= 0.3 is 0 Å². The summed E-state index contributed by atoms with van der Waals surface area (Å²) in [5.74, 6) is -0.460. The number of nitrogens with one attached hydrogen (secondary N) is 1. The van der Waals surface area contributed by atoms with E-state index >= 15 is 4.39 Å². The third-order valence-corrected chi connectivity index (χ3v) is 10.1. The second-order valence-corrected chi connectivity index (χ2v) is 12.6. The van der Waals surface area contributed by atoms with Crippen LogP contribution in [0, 0.1) is 11.7 Å². The molecule has 3 aliphatic heterocycles. The normalized spacial score (nSPS) is 27.0. The van der Waals surface area contributed by atoms with Gasteiger partial charge in [0.15, 0.2) is 6.29 Å². The first kappa shape index (κ1) is 25.7. The highest BCUT2D eigenvalue weighted by Gasteiger charge is 2.69. The SMILES string of the molecule is O=C1Nc2cc(Cl)ccc2[C@]12[C@H](c1cccc(Cl)c1F)[C@H]1c3nc4cc(C(O)O)ccc4n3CC[C@H]1N2CC1CC1. The van der Waals surface area contributed by atoms with Crippen LogP contribution in [0.4, 0.5) is 10.1 Å². The van der Waals surface area contributed by atoms with Crippen LogP contribution in [-0.4, -0.2) is 43.2 Å². The zero-order valence-corrected chi connectivity index (χ0v) is 23.4. The van der Waals surface area contributed by atoms with Gasteiger partial charge in [-0.15, -0.1) is 0 Å². The smallest absolute Gasteiger partial charge is 0.250 e. The number of imidazole rings is 1. The lowest BCUT2D eigenvalue weighted by Crippen LogP contribution is -2.53. The van der Waals surface area contributed by atoms with Crippen molar-refractivity contribution >= 4 is 45.8 Å². The van der Waals surface area contributed by atoms with Crippen molar-refractivity contribution in [2.45, 2.75) is 55.5 Å². The third-order valence-electron chi connectivity index (χ3n) is 9.58. The number of benzene rings is 3. The standard InChI is InChI=1S/C31H27Cl2FN4O3/c32-17-7-8-19-21(13-17)36-30(41)31(19)26(18-2-1-3-20(33)27(18)34)25-24(38(31)14-15-4-5-15)10-11-37-23-9-6-16(29(39)40)12-22(23)35-28(25)37/h1-3,6-9,12-13,15,24-26,29,39-40H,4-5,10-11,14H2,(H,36,41)/t24-,25+,26-,31+/m1/s1. The number of aryl methyl sites for hydroxylation is 1. The number of aromatic nitrogens is 2. The number of hydrogen-bond acceptors (Lipinski definition) is 5. The molecule has 1 amide bonds. The first-order valence-corrected chi connectivity index (χ1v) is 14.7. The van der Waals surface area contributed by atoms with Crippen molar-refractivity contribution in [2.75, 3.05) is 11.9 Å². The number of halogens is 3. The predicted molar refractivity (Wildman–Crippen MR) is 153 cm³/mol. The number of nitrogens with zero attached hydrogens (tertiary/aromatic N) is 3. The Balaban J connectivity index is 1.43. The maximum Gasteiger partial charge on any atom is 0.250 e. The van der Waals surface area contributed by atoms with E-state index in [1.54, 1.807) is 36.4 Å². The van der Waals surface area contributed by atoms with Crippen LogP contribution in [0.2, 0.25) is 10.0 Å². The lowest BCUT2D eigenvalue weighted by Gasteiger charge is -2.40. The molecule has 210 valence electrons. The second kappa shape index (κ2) is 8.99. The summed E-state index contributed by atoms with van der Waals surface area (Å²) < 4.78 is 18.3. The lowest BCUT2D eigenvalue weighted by molar-refractivity contribution is -0.128. The first-order chi connectivity index (χ1) is 19.8. The number of likely N-dealkylation sites (tertiary alicyclic amines) is 1. The molecule has 0 unspecified atom stereocenters. The minimum absolute atomic E-state index is 0.00969. The molecule has 0 radical (unpaired) electrons. The average Bonchev–Trinajstić information content (AvgIpc) is 3.53. The molecule has 3 aromatic carbocycles. The van der Waals surface area contributed by atoms with Gasteiger partial charge in [0.1, 0.15) is 17.2 Å². The number of rotatable bonds is 4. The molecule has 7 nitrogen and oxygen atoms in total. The van der Waals surface area contributed by atoms with Crippen molar-refractivity contribution in [3.8, 4) is 0 Å². The van der Waals surface area contributed by atoms with Crippen molar-refractivity contribution in [3.63, 3.8) is 0 Å². The Kier molecular flexibility index (Phi) is 5.63. The molecule has 4 atom stereocenters. The first-order valence-electron chi connectivity index (χ1n) is 14.0. The third kappa shape index (κ3) is 3.55. The van der Waals surface area contributed by atoms with Gasteiger partial charge in [0.2, 0.25) is 5.91 Å². The highest BCUT2D eigenvalue weighted by molar-refractivity contribution is 6.31. The van der Waals surface area contributed by atoms with Crippen molar-refractivity contribution in [1.82, 2.24) is 14.5 Å². The Bertz CT molecular complexity index is 1750. The van der Waals surface area contributed by atoms with Crippen LogP contribution in [-0.2, 0) is 16.9 Å². The number of aliphatic hydroxyl groups excluding tert-OH is 1. The Morgan fingerprint density at radius 1 is 1.10 bits per heavy atom. The molecule has 1 aliphatic carbocycles. The van der Waals surface area contributed by atoms with E-state index in [2.05, 4.69) is 14.8 Å². The summed E-state index contributed by atoms with van der Waals surface area (Å²) in [6.45, 7) is 1.39. The maximum absolute atomic E-state index is 16.2. The molecule has 8 rings (SSSR count). The second-order valence-electron chi connectivity index (χ2n) is 11.8. The Labute approximate surface area is 245 Å². The van der Waals surface area contributed by atoms with Gasteiger partial charge in [-0.2, -0.15) is 0 Å². The summed E-state index contributed by atoms with van der Waals surface area (Å²) in [6.07, 6.45) is 1.32. The van der Waals surface area contributed by atoms with Gasteiger partial charge in [0.25, 0.3) is 0 Å². The molecule has 4 heterocycles. The highest BCUT2D eigenvalue weighted by atomic mass is 35.5. The summed E-state index contributed by atoms with van der Waals surface area (Å²) >= 11 is 12.8. The number of aliphatic hydroxyl groups is 2. The molecule has 1 aromatic heterocycles. The van der Waals surface area contributed by atoms with Crippen molar-refractivity contribution in [2.24, 2.45) is 5.92 Å². The Hall–Kier alpha value is -3.01. The Morgan fingerprint density at radius 2 is 1.93 bits per heavy atom. The largest absolute Gasteiger partial charge is 0.364 e. The van der Waals surface area contributed by atoms with Crippen molar-refractivity contribution < 1.29 is 19.4 Å². The fourth-order valence-corrected chi connectivity index (χ4v) is 8.13. The highest BCUT2D eigenvalue weighted by Crippen LogP contribution is 2.64. The maximum atomic E-state index is 16.2. The predicted octanol–water partition coefficient (Wildman–Crippen LogP) is 5.68. The van der Waals surface area contributed by atoms with E-state index in [4.69, 9.17) is 28.2 Å². The van der Waals surface area contributed by atoms with Gasteiger partial charge < -0.3 is 20.1 Å². The monoisotopic (exact) mass is 592 g/mol. The molecule has 4 aromatic rings. The summed E-state index contributed by atoms with van der Waals surface area (Å²) in [5, 5.41) is 23.2. The number of hydrogen-bond donors (Lipinski definition) is 3. The van der Waals surface area contributed by atoms with Crippen LogP contribution in [0.5, 0.6) is 0 Å². The van der Waals surface area contributed by atoms with Crippen molar-refractivity contribution in [1.29, 1.82) is 0 Å². The van der Waals surface area contributed by atoms with Crippen LogP contribution in [0.15, 0.2) is 54.6 Å². The molecule has 1 saturated heterocycles. The molecule has 10 heteroatoms. The van der Waals surface area contributed by atoms with Crippen LogP contribution in [0.3, 0.4) is 0 Å². The summed E-state index contributed by atoms with van der Waals surface area (Å²) in [7, 11) is 0. The summed E-state index contributed by atoms with van der Waals surface area (Å²) in [6, 6.07) is 15.6. The molecule has 0 bridgehead atoms. The fraction of sp³-hybridized carbons (Fsp3) is 0.355. The van der Waals surface area contributed by atoms with Crippen LogP contribution >= 0.6 is 23.2 Å². The molecule has 2 fully saturated rings. The van der Waals surface area contributed by atoms with Crippen LogP contribution in [0.25, 0.3) is 11.0 Å². The van der Waals surface area contributed by atoms with Gasteiger partial charge in [0, 0.05) is 52.8 Å². The summed E-state index contributed by atoms with van der Waals surface area (Å²) in [4.78, 5) is 21.9. The van der Waals surface area contributed by atoms with E-state index in [0.717, 1.165) is 42.7 Å². The van der Waals surface area contributed by atoms with Crippen LogP contribution < -0.4 is 5.32 Å². The van der Waals surface area contributed by atoms with Gasteiger partial charge in [0.05, 0.1) is 16.1 Å². The molecule has 4 aliphatic rings. The molecular formula is C31H27Cl2FN4O3. The molecule has 1 spiro atoms. The van der Waals surface area contributed by atoms with E-state index in [0.29, 0.717) is 39.8 Å².